The zero-order valence-corrected chi connectivity index (χ0v) is 15.2. The zero-order chi connectivity index (χ0) is 16.6. The molecule has 0 saturated carbocycles. The van der Waals surface area contributed by atoms with E-state index in [2.05, 4.69) is 30.9 Å². The van der Waals surface area contributed by atoms with Crippen LogP contribution in [-0.4, -0.2) is 36.6 Å². The van der Waals surface area contributed by atoms with Crippen molar-refractivity contribution in [2.45, 2.75) is 6.10 Å². The quantitative estimate of drug-likeness (QED) is 0.640. The van der Waals surface area contributed by atoms with Crippen LogP contribution in [0.25, 0.3) is 22.3 Å². The van der Waals surface area contributed by atoms with Gasteiger partial charge in [-0.3, -0.25) is 0 Å². The van der Waals surface area contributed by atoms with Crippen LogP contribution < -0.4 is 0 Å². The fourth-order valence-corrected chi connectivity index (χ4v) is 3.55. The third-order valence-electron chi connectivity index (χ3n) is 3.38. The number of hydrogen-bond donors (Lipinski definition) is 2. The molecule has 0 radical (unpaired) electrons. The molecule has 0 amide bonds. The van der Waals surface area contributed by atoms with E-state index in [1.54, 1.807) is 30.8 Å². The minimum atomic E-state index is -1.14. The molecule has 2 N–H and O–H groups in total. The lowest BCUT2D eigenvalue weighted by Gasteiger charge is -2.12. The van der Waals surface area contributed by atoms with Gasteiger partial charge in [0, 0.05) is 27.8 Å². The van der Waals surface area contributed by atoms with Crippen molar-refractivity contribution < 1.29 is 9.66 Å². The highest BCUT2D eigenvalue weighted by atomic mass is 79.9. The van der Waals surface area contributed by atoms with E-state index < -0.39 is 17.3 Å². The average Bonchev–Trinajstić information content (AvgIpc) is 2.86. The number of aromatic nitrogens is 3. The summed E-state index contributed by atoms with van der Waals surface area (Å²) in [7, 11) is 0. The molecule has 0 fully saturated rings. The first-order valence-electron chi connectivity index (χ1n) is 6.73. The van der Waals surface area contributed by atoms with Crippen LogP contribution in [0.5, 0.6) is 0 Å². The fraction of sp³-hybridized carbons (Fsp3) is 0.200. The highest BCUT2D eigenvalue weighted by molar-refractivity contribution is 9.10. The third kappa shape index (κ3) is 3.39. The minimum absolute atomic E-state index is 0.127. The largest absolute Gasteiger partial charge is 0.616 e. The van der Waals surface area contributed by atoms with E-state index in [1.807, 2.05) is 6.07 Å². The number of nitrogens with zero attached hydrogens (tertiary/aromatic N) is 2. The van der Waals surface area contributed by atoms with Gasteiger partial charge in [0.1, 0.15) is 11.9 Å². The Kier molecular flexibility index (Phi) is 4.93. The van der Waals surface area contributed by atoms with Crippen LogP contribution in [0.1, 0.15) is 11.8 Å². The molecule has 2 unspecified atom stereocenters. The van der Waals surface area contributed by atoms with Crippen molar-refractivity contribution in [3.63, 3.8) is 0 Å². The molecule has 0 aliphatic rings. The molecular weight excluding hydrogens is 402 g/mol. The summed E-state index contributed by atoms with van der Waals surface area (Å²) in [5.74, 6) is 0.606. The van der Waals surface area contributed by atoms with E-state index in [1.165, 1.54) is 0 Å². The lowest BCUT2D eigenvalue weighted by atomic mass is 10.1. The summed E-state index contributed by atoms with van der Waals surface area (Å²) in [6.07, 6.45) is 3.91. The van der Waals surface area contributed by atoms with Crippen molar-refractivity contribution in [2.75, 3.05) is 12.0 Å². The van der Waals surface area contributed by atoms with Gasteiger partial charge in [-0.15, -0.1) is 0 Å². The second-order valence-electron chi connectivity index (χ2n) is 5.05. The number of aromatic amines is 1. The van der Waals surface area contributed by atoms with Gasteiger partial charge in [0.2, 0.25) is 0 Å². The van der Waals surface area contributed by atoms with Crippen molar-refractivity contribution >= 4 is 49.6 Å². The van der Waals surface area contributed by atoms with Crippen LogP contribution in [0.15, 0.2) is 35.1 Å². The molecule has 3 rings (SSSR count). The molecule has 0 bridgehead atoms. The number of benzene rings is 1. The summed E-state index contributed by atoms with van der Waals surface area (Å²) in [6.45, 7) is 0. The number of rotatable bonds is 4. The van der Waals surface area contributed by atoms with Gasteiger partial charge in [-0.1, -0.05) is 22.8 Å². The van der Waals surface area contributed by atoms with E-state index in [9.17, 15) is 9.66 Å². The van der Waals surface area contributed by atoms with Crippen LogP contribution in [0, 0.1) is 0 Å². The Morgan fingerprint density at radius 2 is 2.09 bits per heavy atom. The molecule has 8 heteroatoms. The van der Waals surface area contributed by atoms with Crippen molar-refractivity contribution in [1.82, 2.24) is 15.0 Å². The number of halogens is 2. The molecule has 3 aromatic rings. The van der Waals surface area contributed by atoms with Crippen molar-refractivity contribution in [1.29, 1.82) is 0 Å². The molecule has 120 valence electrons. The van der Waals surface area contributed by atoms with Gasteiger partial charge in [0.25, 0.3) is 0 Å². The van der Waals surface area contributed by atoms with Gasteiger partial charge in [0.05, 0.1) is 22.5 Å². The van der Waals surface area contributed by atoms with E-state index in [0.29, 0.717) is 22.1 Å². The van der Waals surface area contributed by atoms with E-state index in [4.69, 9.17) is 11.6 Å². The first-order chi connectivity index (χ1) is 11.0. The number of aliphatic hydroxyl groups excluding tert-OH is 1. The molecule has 5 nitrogen and oxygen atoms in total. The van der Waals surface area contributed by atoms with Crippen molar-refractivity contribution in [3.05, 3.63) is 45.8 Å². The molecule has 23 heavy (non-hydrogen) atoms. The van der Waals surface area contributed by atoms with Crippen LogP contribution in [-0.2, 0) is 11.2 Å². The lowest BCUT2D eigenvalue weighted by molar-refractivity contribution is 0.198. The molecule has 2 aromatic heterocycles. The van der Waals surface area contributed by atoms with Crippen LogP contribution in [0.4, 0.5) is 0 Å². The summed E-state index contributed by atoms with van der Waals surface area (Å²) in [5.41, 5.74) is 2.00. The summed E-state index contributed by atoms with van der Waals surface area (Å²) < 4.78 is 12.2. The van der Waals surface area contributed by atoms with Gasteiger partial charge < -0.3 is 14.6 Å². The molecule has 0 aliphatic heterocycles. The Labute approximate surface area is 149 Å². The Morgan fingerprint density at radius 1 is 1.39 bits per heavy atom. The second kappa shape index (κ2) is 6.78. The van der Waals surface area contributed by atoms with Crippen LogP contribution in [0.3, 0.4) is 0 Å². The Bertz CT molecular complexity index is 842. The molecule has 2 heterocycles. The number of H-pyrrole nitrogens is 1. The molecule has 0 aliphatic carbocycles. The Hall–Kier alpha value is -1.12. The predicted octanol–water partition coefficient (Wildman–Crippen LogP) is 3.45. The van der Waals surface area contributed by atoms with Crippen molar-refractivity contribution in [2.24, 2.45) is 0 Å². The highest BCUT2D eigenvalue weighted by Crippen LogP contribution is 2.37. The smallest absolute Gasteiger partial charge is 0.161 e. The first kappa shape index (κ1) is 16.7. The Balaban J connectivity index is 2.26. The minimum Gasteiger partial charge on any atom is -0.616 e. The fourth-order valence-electron chi connectivity index (χ4n) is 2.43. The summed E-state index contributed by atoms with van der Waals surface area (Å²) in [6, 6.07) is 5.35. The molecule has 0 spiro atoms. The highest BCUT2D eigenvalue weighted by Gasteiger charge is 2.24. The van der Waals surface area contributed by atoms with Gasteiger partial charge in [-0.05, 0) is 34.1 Å². The number of fused-ring (bicyclic) bond motifs is 1. The van der Waals surface area contributed by atoms with Crippen LogP contribution >= 0.6 is 27.5 Å². The standard InChI is InChI=1S/C15H13BrClN3O2S/c1-23(22)7-12(21)14-13(15-18-3-2-4-19-15)8-5-10(17)9(16)6-11(8)20-14/h2-6,12,20-21H,7H2,1H3. The monoisotopic (exact) mass is 413 g/mol. The maximum Gasteiger partial charge on any atom is 0.161 e. The van der Waals surface area contributed by atoms with Crippen LogP contribution in [0.2, 0.25) is 5.02 Å². The lowest BCUT2D eigenvalue weighted by Crippen LogP contribution is -2.14. The molecule has 0 saturated heterocycles. The van der Waals surface area contributed by atoms with Gasteiger partial charge in [-0.25, -0.2) is 9.97 Å². The molecular formula is C15H13BrClN3O2S. The summed E-state index contributed by atoms with van der Waals surface area (Å²) in [5, 5.41) is 11.8. The second-order valence-corrected chi connectivity index (χ2v) is 7.79. The maximum atomic E-state index is 11.5. The summed E-state index contributed by atoms with van der Waals surface area (Å²) >= 11 is 8.46. The third-order valence-corrected chi connectivity index (χ3v) is 5.37. The zero-order valence-electron chi connectivity index (χ0n) is 12.1. The predicted molar refractivity (Wildman–Crippen MR) is 95.9 cm³/mol. The SMILES string of the molecule is C[S+]([O-])CC(O)c1[nH]c2cc(Br)c(Cl)cc2c1-c1ncccn1. The topological polar surface area (TPSA) is 84.9 Å². The van der Waals surface area contributed by atoms with Gasteiger partial charge in [-0.2, -0.15) is 0 Å². The van der Waals surface area contributed by atoms with E-state index in [-0.39, 0.29) is 5.75 Å². The van der Waals surface area contributed by atoms with E-state index in [0.717, 1.165) is 15.4 Å². The van der Waals surface area contributed by atoms with E-state index >= 15 is 0 Å². The Morgan fingerprint density at radius 3 is 2.74 bits per heavy atom. The normalized spacial score (nSPS) is 14.1. The van der Waals surface area contributed by atoms with Gasteiger partial charge >= 0.3 is 0 Å². The first-order valence-corrected chi connectivity index (χ1v) is 9.63. The van der Waals surface area contributed by atoms with Gasteiger partial charge in [0.15, 0.2) is 5.82 Å². The average molecular weight is 415 g/mol. The molecule has 1 aromatic carbocycles. The number of aliphatic hydroxyl groups is 1. The number of nitrogens with one attached hydrogen (secondary N) is 1. The maximum absolute atomic E-state index is 11.5. The number of hydrogen-bond acceptors (Lipinski definition) is 4. The summed E-state index contributed by atoms with van der Waals surface area (Å²) in [4.78, 5) is 11.7. The molecule has 2 atom stereocenters. The van der Waals surface area contributed by atoms with Crippen molar-refractivity contribution in [3.8, 4) is 11.4 Å².